The van der Waals surface area contributed by atoms with Gasteiger partial charge in [-0.2, -0.15) is 5.10 Å². The van der Waals surface area contributed by atoms with Crippen LogP contribution in [0.3, 0.4) is 0 Å². The van der Waals surface area contributed by atoms with E-state index >= 15 is 0 Å². The standard InChI is InChI=1S/C20H18N6O3/c1-28-15-8-7-11(9-16(15)29-2)19-24-14-10-22-26-17(14)20(25-19)23-13-6-4-3-5-12(13)18(21)27/h3-10H,1-2H3,(H2,21,27)(H,22,26)(H,23,24,25). The molecule has 29 heavy (non-hydrogen) atoms. The van der Waals surface area contributed by atoms with Crippen LogP contribution in [-0.4, -0.2) is 40.3 Å². The van der Waals surface area contributed by atoms with E-state index in [2.05, 4.69) is 25.5 Å². The third-order valence-corrected chi connectivity index (χ3v) is 4.39. The molecule has 0 bridgehead atoms. The molecule has 0 saturated carbocycles. The van der Waals surface area contributed by atoms with Crippen LogP contribution in [0.15, 0.2) is 48.7 Å². The van der Waals surface area contributed by atoms with E-state index in [9.17, 15) is 4.79 Å². The SMILES string of the molecule is COc1ccc(-c2nc(Nc3ccccc3C(N)=O)c3[nH]ncc3n2)cc1OC. The van der Waals surface area contributed by atoms with Gasteiger partial charge in [-0.25, -0.2) is 9.97 Å². The Morgan fingerprint density at radius 1 is 1.07 bits per heavy atom. The summed E-state index contributed by atoms with van der Waals surface area (Å²) in [6, 6.07) is 12.4. The first-order chi connectivity index (χ1) is 14.1. The average molecular weight is 390 g/mol. The van der Waals surface area contributed by atoms with Crippen molar-refractivity contribution in [3.05, 3.63) is 54.2 Å². The molecule has 1 amide bonds. The summed E-state index contributed by atoms with van der Waals surface area (Å²) in [4.78, 5) is 20.9. The van der Waals surface area contributed by atoms with Crippen LogP contribution in [0.25, 0.3) is 22.4 Å². The highest BCUT2D eigenvalue weighted by Gasteiger charge is 2.15. The highest BCUT2D eigenvalue weighted by Crippen LogP contribution is 2.33. The van der Waals surface area contributed by atoms with Gasteiger partial charge in [-0.15, -0.1) is 0 Å². The first-order valence-corrected chi connectivity index (χ1v) is 8.70. The van der Waals surface area contributed by atoms with Gasteiger partial charge in [0.2, 0.25) is 0 Å². The van der Waals surface area contributed by atoms with Gasteiger partial charge in [0.1, 0.15) is 11.0 Å². The Morgan fingerprint density at radius 3 is 2.62 bits per heavy atom. The summed E-state index contributed by atoms with van der Waals surface area (Å²) in [5, 5.41) is 10.1. The second-order valence-electron chi connectivity index (χ2n) is 6.13. The van der Waals surface area contributed by atoms with Gasteiger partial charge >= 0.3 is 0 Å². The zero-order valence-electron chi connectivity index (χ0n) is 15.8. The molecule has 0 radical (unpaired) electrons. The van der Waals surface area contributed by atoms with Gasteiger partial charge in [-0.3, -0.25) is 9.89 Å². The third-order valence-electron chi connectivity index (χ3n) is 4.39. The van der Waals surface area contributed by atoms with E-state index in [4.69, 9.17) is 15.2 Å². The Balaban J connectivity index is 1.83. The molecule has 0 spiro atoms. The normalized spacial score (nSPS) is 10.7. The molecule has 2 heterocycles. The highest BCUT2D eigenvalue weighted by molar-refractivity contribution is 6.00. The first kappa shape index (κ1) is 18.2. The van der Waals surface area contributed by atoms with Crippen LogP contribution in [0.1, 0.15) is 10.4 Å². The van der Waals surface area contributed by atoms with Crippen molar-refractivity contribution in [1.82, 2.24) is 20.2 Å². The number of fused-ring (bicyclic) bond motifs is 1. The maximum absolute atomic E-state index is 11.7. The number of benzene rings is 2. The van der Waals surface area contributed by atoms with Crippen LogP contribution in [-0.2, 0) is 0 Å². The van der Waals surface area contributed by atoms with E-state index in [0.29, 0.717) is 45.4 Å². The van der Waals surface area contributed by atoms with Gasteiger partial charge in [0.25, 0.3) is 5.91 Å². The second kappa shape index (κ2) is 7.47. The van der Waals surface area contributed by atoms with Crippen LogP contribution >= 0.6 is 0 Å². The number of hydrogen-bond donors (Lipinski definition) is 3. The number of anilines is 2. The molecule has 4 rings (SSSR count). The van der Waals surface area contributed by atoms with Gasteiger partial charge < -0.3 is 20.5 Å². The van der Waals surface area contributed by atoms with Crippen molar-refractivity contribution < 1.29 is 14.3 Å². The minimum absolute atomic E-state index is 0.353. The predicted octanol–water partition coefficient (Wildman–Crippen LogP) is 2.88. The maximum Gasteiger partial charge on any atom is 0.250 e. The molecule has 9 nitrogen and oxygen atoms in total. The fourth-order valence-electron chi connectivity index (χ4n) is 2.97. The molecular formula is C20H18N6O3. The fraction of sp³-hybridized carbons (Fsp3) is 0.100. The summed E-state index contributed by atoms with van der Waals surface area (Å²) in [7, 11) is 3.14. The zero-order chi connectivity index (χ0) is 20.4. The molecule has 2 aromatic carbocycles. The summed E-state index contributed by atoms with van der Waals surface area (Å²) in [6.45, 7) is 0. The van der Waals surface area contributed by atoms with Crippen molar-refractivity contribution in [2.24, 2.45) is 5.73 Å². The summed E-state index contributed by atoms with van der Waals surface area (Å²) in [5.41, 5.74) is 8.32. The number of para-hydroxylation sites is 1. The number of primary amides is 1. The number of aromatic amines is 1. The molecule has 4 N–H and O–H groups in total. The van der Waals surface area contributed by atoms with Crippen LogP contribution in [0.5, 0.6) is 11.5 Å². The van der Waals surface area contributed by atoms with Gasteiger partial charge in [-0.1, -0.05) is 12.1 Å². The predicted molar refractivity (Wildman–Crippen MR) is 108 cm³/mol. The highest BCUT2D eigenvalue weighted by atomic mass is 16.5. The molecule has 146 valence electrons. The molecule has 0 atom stereocenters. The zero-order valence-corrected chi connectivity index (χ0v) is 15.8. The van der Waals surface area contributed by atoms with E-state index in [-0.39, 0.29) is 0 Å². The topological polar surface area (TPSA) is 128 Å². The number of aromatic nitrogens is 4. The lowest BCUT2D eigenvalue weighted by Crippen LogP contribution is -2.13. The number of rotatable bonds is 6. The Kier molecular flexibility index (Phi) is 4.70. The van der Waals surface area contributed by atoms with Crippen molar-refractivity contribution in [3.63, 3.8) is 0 Å². The number of methoxy groups -OCH3 is 2. The molecule has 9 heteroatoms. The number of nitrogens with zero attached hydrogens (tertiary/aromatic N) is 3. The van der Waals surface area contributed by atoms with Crippen LogP contribution < -0.4 is 20.5 Å². The summed E-state index contributed by atoms with van der Waals surface area (Å²) in [5.74, 6) is 1.55. The van der Waals surface area contributed by atoms with Crippen LogP contribution in [0.2, 0.25) is 0 Å². The Bertz CT molecular complexity index is 1200. The second-order valence-corrected chi connectivity index (χ2v) is 6.13. The number of hydrogen-bond acceptors (Lipinski definition) is 7. The van der Waals surface area contributed by atoms with Crippen molar-refractivity contribution in [3.8, 4) is 22.9 Å². The Morgan fingerprint density at radius 2 is 1.86 bits per heavy atom. The number of nitrogens with two attached hydrogens (primary N) is 1. The number of carbonyl (C=O) groups excluding carboxylic acids is 1. The molecule has 2 aromatic heterocycles. The van der Waals surface area contributed by atoms with Gasteiger partial charge in [0.15, 0.2) is 23.1 Å². The quantitative estimate of drug-likeness (QED) is 0.462. The summed E-state index contributed by atoms with van der Waals surface area (Å²) >= 11 is 0. The lowest BCUT2D eigenvalue weighted by molar-refractivity contribution is 0.100. The number of H-pyrrole nitrogens is 1. The molecule has 0 aliphatic carbocycles. The van der Waals surface area contributed by atoms with E-state index in [1.165, 1.54) is 0 Å². The van der Waals surface area contributed by atoms with Gasteiger partial charge in [-0.05, 0) is 30.3 Å². The first-order valence-electron chi connectivity index (χ1n) is 8.70. The minimum Gasteiger partial charge on any atom is -0.493 e. The number of amides is 1. The summed E-state index contributed by atoms with van der Waals surface area (Å²) < 4.78 is 10.7. The smallest absolute Gasteiger partial charge is 0.250 e. The fourth-order valence-corrected chi connectivity index (χ4v) is 2.97. The number of carbonyl (C=O) groups is 1. The summed E-state index contributed by atoms with van der Waals surface area (Å²) in [6.07, 6.45) is 1.60. The van der Waals surface area contributed by atoms with E-state index in [1.54, 1.807) is 56.8 Å². The largest absolute Gasteiger partial charge is 0.493 e. The third kappa shape index (κ3) is 3.41. The average Bonchev–Trinajstić information content (AvgIpc) is 3.22. The van der Waals surface area contributed by atoms with Gasteiger partial charge in [0, 0.05) is 5.56 Å². The van der Waals surface area contributed by atoms with Crippen molar-refractivity contribution in [2.45, 2.75) is 0 Å². The van der Waals surface area contributed by atoms with Crippen molar-refractivity contribution in [1.29, 1.82) is 0 Å². The molecule has 4 aromatic rings. The van der Waals surface area contributed by atoms with E-state index < -0.39 is 5.91 Å². The maximum atomic E-state index is 11.7. The number of ether oxygens (including phenoxy) is 2. The van der Waals surface area contributed by atoms with E-state index in [0.717, 1.165) is 5.56 Å². The molecule has 0 unspecified atom stereocenters. The van der Waals surface area contributed by atoms with E-state index in [1.807, 2.05) is 6.07 Å². The molecular weight excluding hydrogens is 372 g/mol. The molecule has 0 aliphatic rings. The Hall–Kier alpha value is -4.14. The van der Waals surface area contributed by atoms with Crippen molar-refractivity contribution >= 4 is 28.4 Å². The van der Waals surface area contributed by atoms with Gasteiger partial charge in [0.05, 0.1) is 31.7 Å². The van der Waals surface area contributed by atoms with Crippen LogP contribution in [0.4, 0.5) is 11.5 Å². The minimum atomic E-state index is -0.539. The molecule has 0 saturated heterocycles. The number of nitrogens with one attached hydrogen (secondary N) is 2. The Labute approximate surface area is 165 Å². The van der Waals surface area contributed by atoms with Crippen LogP contribution in [0, 0.1) is 0 Å². The lowest BCUT2D eigenvalue weighted by atomic mass is 10.1. The molecule has 0 aliphatic heterocycles. The van der Waals surface area contributed by atoms with Crippen molar-refractivity contribution in [2.75, 3.05) is 19.5 Å². The lowest BCUT2D eigenvalue weighted by Gasteiger charge is -2.12. The molecule has 0 fully saturated rings. The monoisotopic (exact) mass is 390 g/mol.